The normalized spacial score (nSPS) is 17.1. The van der Waals surface area contributed by atoms with Crippen LogP contribution in [0.4, 0.5) is 0 Å². The molecule has 2 aromatic carbocycles. The number of sulfonamides is 1. The Labute approximate surface area is 194 Å². The van der Waals surface area contributed by atoms with Crippen LogP contribution < -0.4 is 5.32 Å². The zero-order chi connectivity index (χ0) is 23.5. The smallest absolute Gasteiger partial charge is 0.223 e. The van der Waals surface area contributed by atoms with Gasteiger partial charge in [-0.1, -0.05) is 35.9 Å². The van der Waals surface area contributed by atoms with Gasteiger partial charge in [0.15, 0.2) is 9.84 Å². The predicted molar refractivity (Wildman–Crippen MR) is 124 cm³/mol. The van der Waals surface area contributed by atoms with Crippen LogP contribution in [0.2, 0.25) is 5.02 Å². The van der Waals surface area contributed by atoms with E-state index in [1.54, 1.807) is 36.4 Å². The molecule has 0 spiro atoms. The zero-order valence-electron chi connectivity index (χ0n) is 18.0. The minimum atomic E-state index is -3.47. The van der Waals surface area contributed by atoms with Crippen molar-refractivity contribution in [1.82, 2.24) is 9.62 Å². The Morgan fingerprint density at radius 3 is 2.12 bits per heavy atom. The summed E-state index contributed by atoms with van der Waals surface area (Å²) >= 11 is 5.86. The third kappa shape index (κ3) is 6.31. The van der Waals surface area contributed by atoms with Crippen molar-refractivity contribution in [2.45, 2.75) is 36.5 Å². The van der Waals surface area contributed by atoms with Gasteiger partial charge < -0.3 is 5.32 Å². The quantitative estimate of drug-likeness (QED) is 0.632. The van der Waals surface area contributed by atoms with Crippen molar-refractivity contribution in [2.75, 3.05) is 19.3 Å². The fourth-order valence-electron chi connectivity index (χ4n) is 3.70. The molecule has 1 heterocycles. The number of benzene rings is 2. The first-order chi connectivity index (χ1) is 15.0. The van der Waals surface area contributed by atoms with Crippen LogP contribution in [0.1, 0.15) is 36.9 Å². The van der Waals surface area contributed by atoms with Crippen LogP contribution in [0.25, 0.3) is 0 Å². The van der Waals surface area contributed by atoms with E-state index in [1.165, 1.54) is 16.4 Å². The number of piperidine rings is 1. The van der Waals surface area contributed by atoms with Crippen LogP contribution in [-0.2, 0) is 30.4 Å². The van der Waals surface area contributed by atoms with Crippen molar-refractivity contribution in [3.63, 3.8) is 0 Å². The monoisotopic (exact) mass is 498 g/mol. The molecule has 0 saturated carbocycles. The highest BCUT2D eigenvalue weighted by molar-refractivity contribution is 7.90. The Kier molecular flexibility index (Phi) is 7.65. The molecular formula is C22H27ClN2O5S2. The largest absolute Gasteiger partial charge is 0.349 e. The SMILES string of the molecule is C[C@@H](NC(=O)C1CCN(S(=O)(=O)Cc2ccc(Cl)cc2)CC1)c1ccc(S(C)(=O)=O)cc1. The molecule has 10 heteroatoms. The molecule has 2 aromatic rings. The molecule has 1 N–H and O–H groups in total. The van der Waals surface area contributed by atoms with Crippen molar-refractivity contribution >= 4 is 37.4 Å². The number of carbonyl (C=O) groups is 1. The average Bonchev–Trinajstić information content (AvgIpc) is 2.75. The highest BCUT2D eigenvalue weighted by atomic mass is 35.5. The molecule has 1 amide bonds. The lowest BCUT2D eigenvalue weighted by Crippen LogP contribution is -2.43. The summed E-state index contributed by atoms with van der Waals surface area (Å²) in [5, 5.41) is 3.51. The summed E-state index contributed by atoms with van der Waals surface area (Å²) in [6, 6.07) is 12.9. The highest BCUT2D eigenvalue weighted by Gasteiger charge is 2.31. The number of nitrogens with one attached hydrogen (secondary N) is 1. The van der Waals surface area contributed by atoms with Crippen LogP contribution >= 0.6 is 11.6 Å². The number of rotatable bonds is 7. The lowest BCUT2D eigenvalue weighted by Gasteiger charge is -2.31. The molecule has 3 rings (SSSR count). The van der Waals surface area contributed by atoms with Gasteiger partial charge in [-0.2, -0.15) is 0 Å². The fourth-order valence-corrected chi connectivity index (χ4v) is 6.02. The second-order valence-corrected chi connectivity index (χ2v) is 12.5. The van der Waals surface area contributed by atoms with E-state index in [2.05, 4.69) is 5.32 Å². The highest BCUT2D eigenvalue weighted by Crippen LogP contribution is 2.24. The van der Waals surface area contributed by atoms with Gasteiger partial charge >= 0.3 is 0 Å². The Balaban J connectivity index is 1.54. The van der Waals surface area contributed by atoms with Crippen molar-refractivity contribution in [3.05, 3.63) is 64.7 Å². The number of sulfone groups is 1. The maximum absolute atomic E-state index is 12.7. The summed E-state index contributed by atoms with van der Waals surface area (Å²) in [7, 11) is -6.74. The van der Waals surface area contributed by atoms with Gasteiger partial charge in [-0.15, -0.1) is 0 Å². The molecule has 0 bridgehead atoms. The van der Waals surface area contributed by atoms with E-state index in [1.807, 2.05) is 6.92 Å². The second-order valence-electron chi connectivity index (χ2n) is 8.13. The maximum atomic E-state index is 12.7. The van der Waals surface area contributed by atoms with E-state index >= 15 is 0 Å². The Morgan fingerprint density at radius 2 is 1.59 bits per heavy atom. The second kappa shape index (κ2) is 9.91. The summed E-state index contributed by atoms with van der Waals surface area (Å²) in [6.07, 6.45) is 2.05. The van der Waals surface area contributed by atoms with Crippen LogP contribution in [-0.4, -0.2) is 46.4 Å². The molecule has 1 fully saturated rings. The standard InChI is InChI=1S/C22H27ClN2O5S2/c1-16(18-5-9-21(10-6-18)31(2,27)28)24-22(26)19-11-13-25(14-12-19)32(29,30)15-17-3-7-20(23)8-4-17/h3-10,16,19H,11-15H2,1-2H3,(H,24,26)/t16-/m1/s1. The van der Waals surface area contributed by atoms with Crippen LogP contribution in [0.5, 0.6) is 0 Å². The molecular weight excluding hydrogens is 472 g/mol. The van der Waals surface area contributed by atoms with E-state index in [0.29, 0.717) is 36.5 Å². The van der Waals surface area contributed by atoms with E-state index in [9.17, 15) is 21.6 Å². The summed E-state index contributed by atoms with van der Waals surface area (Å²) < 4.78 is 50.1. The predicted octanol–water partition coefficient (Wildman–Crippen LogP) is 3.16. The van der Waals surface area contributed by atoms with Gasteiger partial charge in [-0.25, -0.2) is 21.1 Å². The van der Waals surface area contributed by atoms with E-state index < -0.39 is 19.9 Å². The van der Waals surface area contributed by atoms with Gasteiger partial charge in [0.1, 0.15) is 0 Å². The van der Waals surface area contributed by atoms with Crippen molar-refractivity contribution in [2.24, 2.45) is 5.92 Å². The van der Waals surface area contributed by atoms with Crippen molar-refractivity contribution < 1.29 is 21.6 Å². The number of nitrogens with zero attached hydrogens (tertiary/aromatic N) is 1. The number of halogens is 1. The Bertz CT molecular complexity index is 1160. The molecule has 1 aliphatic heterocycles. The van der Waals surface area contributed by atoms with E-state index in [-0.39, 0.29) is 28.5 Å². The lowest BCUT2D eigenvalue weighted by atomic mass is 9.96. The molecule has 1 aliphatic rings. The van der Waals surface area contributed by atoms with Gasteiger partial charge in [0.05, 0.1) is 16.7 Å². The first-order valence-electron chi connectivity index (χ1n) is 10.3. The van der Waals surface area contributed by atoms with Crippen LogP contribution in [0.15, 0.2) is 53.4 Å². The van der Waals surface area contributed by atoms with Gasteiger partial charge in [-0.05, 0) is 55.2 Å². The molecule has 0 aliphatic carbocycles. The summed E-state index contributed by atoms with van der Waals surface area (Å²) in [6.45, 7) is 2.43. The number of amides is 1. The van der Waals surface area contributed by atoms with Gasteiger partial charge in [0.25, 0.3) is 0 Å². The van der Waals surface area contributed by atoms with Gasteiger partial charge in [0, 0.05) is 30.3 Å². The summed E-state index contributed by atoms with van der Waals surface area (Å²) in [5.41, 5.74) is 1.47. The molecule has 174 valence electrons. The summed E-state index contributed by atoms with van der Waals surface area (Å²) in [4.78, 5) is 12.9. The number of carbonyl (C=O) groups excluding carboxylic acids is 1. The molecule has 1 atom stereocenters. The van der Waals surface area contributed by atoms with E-state index in [0.717, 1.165) is 11.8 Å². The number of hydrogen-bond donors (Lipinski definition) is 1. The molecule has 0 unspecified atom stereocenters. The van der Waals surface area contributed by atoms with E-state index in [4.69, 9.17) is 11.6 Å². The lowest BCUT2D eigenvalue weighted by molar-refractivity contribution is -0.126. The van der Waals surface area contributed by atoms with Crippen LogP contribution in [0, 0.1) is 5.92 Å². The van der Waals surface area contributed by atoms with Crippen LogP contribution in [0.3, 0.4) is 0 Å². The Morgan fingerprint density at radius 1 is 1.03 bits per heavy atom. The zero-order valence-corrected chi connectivity index (χ0v) is 20.4. The third-order valence-electron chi connectivity index (χ3n) is 5.65. The Hall–Kier alpha value is -1.94. The number of hydrogen-bond acceptors (Lipinski definition) is 5. The topological polar surface area (TPSA) is 101 Å². The molecule has 32 heavy (non-hydrogen) atoms. The first kappa shape index (κ1) is 24.7. The fraction of sp³-hybridized carbons (Fsp3) is 0.409. The van der Waals surface area contributed by atoms with Gasteiger partial charge in [-0.3, -0.25) is 4.79 Å². The van der Waals surface area contributed by atoms with Crippen molar-refractivity contribution in [1.29, 1.82) is 0 Å². The maximum Gasteiger partial charge on any atom is 0.223 e. The molecule has 7 nitrogen and oxygen atoms in total. The van der Waals surface area contributed by atoms with Gasteiger partial charge in [0.2, 0.25) is 15.9 Å². The third-order valence-corrected chi connectivity index (χ3v) is 8.88. The van der Waals surface area contributed by atoms with Crippen molar-refractivity contribution in [3.8, 4) is 0 Å². The minimum Gasteiger partial charge on any atom is -0.349 e. The average molecular weight is 499 g/mol. The minimum absolute atomic E-state index is 0.0957. The summed E-state index contributed by atoms with van der Waals surface area (Å²) in [5.74, 6) is -0.490. The molecule has 1 saturated heterocycles. The first-order valence-corrected chi connectivity index (χ1v) is 14.2. The molecule has 0 aromatic heterocycles. The molecule has 0 radical (unpaired) electrons.